The van der Waals surface area contributed by atoms with Crippen molar-refractivity contribution in [1.29, 1.82) is 0 Å². The Hall–Kier alpha value is -2.92. The Morgan fingerprint density at radius 3 is 2.75 bits per heavy atom. The van der Waals surface area contributed by atoms with Crippen molar-refractivity contribution in [3.05, 3.63) is 68.6 Å². The number of methoxy groups -OCH3 is 1. The van der Waals surface area contributed by atoms with Gasteiger partial charge in [-0.05, 0) is 72.0 Å². The lowest BCUT2D eigenvalue weighted by Crippen LogP contribution is -2.20. The maximum Gasteiger partial charge on any atom is 0.262 e. The van der Waals surface area contributed by atoms with E-state index in [1.165, 1.54) is 10.3 Å². The largest absolute Gasteiger partial charge is 0.497 e. The molecule has 0 spiro atoms. The third kappa shape index (κ3) is 2.58. The van der Waals surface area contributed by atoms with E-state index in [0.29, 0.717) is 6.54 Å². The van der Waals surface area contributed by atoms with Gasteiger partial charge in [-0.3, -0.25) is 9.36 Å². The maximum absolute atomic E-state index is 13.0. The summed E-state index contributed by atoms with van der Waals surface area (Å²) in [7, 11) is 1.68. The van der Waals surface area contributed by atoms with Crippen molar-refractivity contribution in [2.45, 2.75) is 26.8 Å². The number of hydrogen-bond acceptors (Lipinski definition) is 4. The first-order valence-electron chi connectivity index (χ1n) is 9.34. The van der Waals surface area contributed by atoms with E-state index in [9.17, 15) is 4.79 Å². The second kappa shape index (κ2) is 6.31. The van der Waals surface area contributed by atoms with Gasteiger partial charge in [0.05, 0.1) is 12.5 Å². The molecule has 2 aromatic heterocycles. The molecule has 5 heteroatoms. The standard InChI is InChI=1S/C23H20N2O2S/c1-13-14(2)28-22-20(13)23(26)25-9-8-18(21(25)24-22)11-15-4-5-17-12-19(27-3)7-6-16(17)10-15/h4-7,10-12H,8-9H2,1-3H3/b18-11+. The van der Waals surface area contributed by atoms with E-state index in [-0.39, 0.29) is 5.56 Å². The van der Waals surface area contributed by atoms with Gasteiger partial charge >= 0.3 is 0 Å². The monoisotopic (exact) mass is 388 g/mol. The highest BCUT2D eigenvalue weighted by Crippen LogP contribution is 2.32. The Bertz CT molecular complexity index is 1340. The first-order chi connectivity index (χ1) is 13.5. The lowest BCUT2D eigenvalue weighted by Gasteiger charge is -2.05. The second-order valence-electron chi connectivity index (χ2n) is 7.25. The van der Waals surface area contributed by atoms with Crippen LogP contribution in [0.2, 0.25) is 0 Å². The highest BCUT2D eigenvalue weighted by Gasteiger charge is 2.23. The fourth-order valence-electron chi connectivity index (χ4n) is 3.92. The van der Waals surface area contributed by atoms with Gasteiger partial charge in [-0.15, -0.1) is 11.3 Å². The summed E-state index contributed by atoms with van der Waals surface area (Å²) in [5.74, 6) is 1.67. The van der Waals surface area contributed by atoms with Gasteiger partial charge in [0.1, 0.15) is 16.4 Å². The summed E-state index contributed by atoms with van der Waals surface area (Å²) in [6, 6.07) is 12.5. The maximum atomic E-state index is 13.0. The van der Waals surface area contributed by atoms with Crippen LogP contribution in [0.1, 0.15) is 28.2 Å². The van der Waals surface area contributed by atoms with Crippen molar-refractivity contribution in [1.82, 2.24) is 9.55 Å². The third-order valence-electron chi connectivity index (χ3n) is 5.59. The topological polar surface area (TPSA) is 44.1 Å². The summed E-state index contributed by atoms with van der Waals surface area (Å²) in [5, 5.41) is 3.10. The average Bonchev–Trinajstić information content (AvgIpc) is 3.22. The molecule has 0 unspecified atom stereocenters. The molecule has 3 heterocycles. The molecule has 0 atom stereocenters. The predicted octanol–water partition coefficient (Wildman–Crippen LogP) is 5.18. The summed E-state index contributed by atoms with van der Waals surface area (Å²) in [4.78, 5) is 19.9. The van der Waals surface area contributed by atoms with Crippen LogP contribution in [0.3, 0.4) is 0 Å². The molecule has 5 rings (SSSR count). The third-order valence-corrected chi connectivity index (χ3v) is 6.69. The molecule has 0 saturated heterocycles. The summed E-state index contributed by atoms with van der Waals surface area (Å²) in [5.41, 5.74) is 3.40. The Kier molecular flexibility index (Phi) is 3.88. The normalized spacial score (nSPS) is 14.9. The van der Waals surface area contributed by atoms with E-state index < -0.39 is 0 Å². The van der Waals surface area contributed by atoms with Crippen LogP contribution in [-0.4, -0.2) is 16.7 Å². The van der Waals surface area contributed by atoms with Crippen LogP contribution in [-0.2, 0) is 6.54 Å². The summed E-state index contributed by atoms with van der Waals surface area (Å²) >= 11 is 1.61. The fourth-order valence-corrected chi connectivity index (χ4v) is 4.94. The number of rotatable bonds is 2. The van der Waals surface area contributed by atoms with Crippen LogP contribution in [0.4, 0.5) is 0 Å². The van der Waals surface area contributed by atoms with Crippen molar-refractivity contribution < 1.29 is 4.74 Å². The first-order valence-corrected chi connectivity index (χ1v) is 10.2. The highest BCUT2D eigenvalue weighted by atomic mass is 32.1. The van der Waals surface area contributed by atoms with Crippen LogP contribution >= 0.6 is 11.3 Å². The Morgan fingerprint density at radius 2 is 1.93 bits per heavy atom. The van der Waals surface area contributed by atoms with E-state index in [0.717, 1.165) is 50.3 Å². The van der Waals surface area contributed by atoms with Gasteiger partial charge in [-0.2, -0.15) is 0 Å². The van der Waals surface area contributed by atoms with Gasteiger partial charge in [0.2, 0.25) is 0 Å². The number of aromatic nitrogens is 2. The SMILES string of the molecule is COc1ccc2cc(/C=C3\CCn4c3nc3sc(C)c(C)c3c4=O)ccc2c1. The number of benzene rings is 2. The molecule has 1 aliphatic rings. The molecule has 0 saturated carbocycles. The van der Waals surface area contributed by atoms with Crippen molar-refractivity contribution >= 4 is 44.0 Å². The molecule has 1 aliphatic heterocycles. The molecule has 0 aliphatic carbocycles. The van der Waals surface area contributed by atoms with Gasteiger partial charge in [-0.1, -0.05) is 18.2 Å². The van der Waals surface area contributed by atoms with Crippen molar-refractivity contribution in [3.8, 4) is 5.75 Å². The number of thiophene rings is 1. The van der Waals surface area contributed by atoms with Gasteiger partial charge in [0.25, 0.3) is 5.56 Å². The Balaban J connectivity index is 1.62. The van der Waals surface area contributed by atoms with Crippen molar-refractivity contribution in [3.63, 3.8) is 0 Å². The van der Waals surface area contributed by atoms with Gasteiger partial charge in [-0.25, -0.2) is 4.98 Å². The van der Waals surface area contributed by atoms with E-state index >= 15 is 0 Å². The van der Waals surface area contributed by atoms with Crippen molar-refractivity contribution in [2.24, 2.45) is 0 Å². The molecule has 28 heavy (non-hydrogen) atoms. The molecular weight excluding hydrogens is 368 g/mol. The van der Waals surface area contributed by atoms with Crippen LogP contribution in [0.15, 0.2) is 41.2 Å². The zero-order valence-corrected chi connectivity index (χ0v) is 16.9. The smallest absolute Gasteiger partial charge is 0.262 e. The molecule has 0 amide bonds. The van der Waals surface area contributed by atoms with Gasteiger partial charge in [0, 0.05) is 11.4 Å². The molecule has 0 fully saturated rings. The number of aryl methyl sites for hydroxylation is 2. The minimum Gasteiger partial charge on any atom is -0.497 e. The first kappa shape index (κ1) is 17.2. The Labute approximate surface area is 166 Å². The summed E-state index contributed by atoms with van der Waals surface area (Å²) in [6.07, 6.45) is 2.99. The summed E-state index contributed by atoms with van der Waals surface area (Å²) in [6.45, 7) is 4.76. The zero-order chi connectivity index (χ0) is 19.4. The Morgan fingerprint density at radius 1 is 1.14 bits per heavy atom. The van der Waals surface area contributed by atoms with E-state index in [4.69, 9.17) is 9.72 Å². The number of fused-ring (bicyclic) bond motifs is 3. The lowest BCUT2D eigenvalue weighted by molar-refractivity contribution is 0.415. The lowest BCUT2D eigenvalue weighted by atomic mass is 10.0. The van der Waals surface area contributed by atoms with Crippen molar-refractivity contribution in [2.75, 3.05) is 7.11 Å². The van der Waals surface area contributed by atoms with Gasteiger partial charge < -0.3 is 4.74 Å². The number of nitrogens with zero attached hydrogens (tertiary/aromatic N) is 2. The number of ether oxygens (including phenoxy) is 1. The predicted molar refractivity (Wildman–Crippen MR) is 116 cm³/mol. The summed E-state index contributed by atoms with van der Waals surface area (Å²) < 4.78 is 7.14. The number of hydrogen-bond donors (Lipinski definition) is 0. The van der Waals surface area contributed by atoms with E-state index in [1.807, 2.05) is 23.6 Å². The van der Waals surface area contributed by atoms with Gasteiger partial charge in [0.15, 0.2) is 0 Å². The molecule has 4 aromatic rings. The molecule has 0 radical (unpaired) electrons. The van der Waals surface area contributed by atoms with Crippen LogP contribution in [0, 0.1) is 13.8 Å². The molecular formula is C23H20N2O2S. The van der Waals surface area contributed by atoms with Crippen LogP contribution < -0.4 is 10.3 Å². The zero-order valence-electron chi connectivity index (χ0n) is 16.1. The highest BCUT2D eigenvalue weighted by molar-refractivity contribution is 7.18. The number of allylic oxidation sites excluding steroid dienone is 1. The molecule has 140 valence electrons. The minimum atomic E-state index is 0.0934. The second-order valence-corrected chi connectivity index (χ2v) is 8.45. The quantitative estimate of drug-likeness (QED) is 0.475. The molecule has 4 nitrogen and oxygen atoms in total. The van der Waals surface area contributed by atoms with E-state index in [2.05, 4.69) is 37.3 Å². The average molecular weight is 388 g/mol. The molecule has 2 aromatic carbocycles. The molecule has 0 bridgehead atoms. The minimum absolute atomic E-state index is 0.0934. The van der Waals surface area contributed by atoms with Crippen LogP contribution in [0.25, 0.3) is 32.6 Å². The fraction of sp³-hybridized carbons (Fsp3) is 0.217. The van der Waals surface area contributed by atoms with E-state index in [1.54, 1.807) is 18.4 Å². The molecule has 0 N–H and O–H groups in total. The van der Waals surface area contributed by atoms with Crippen LogP contribution in [0.5, 0.6) is 5.75 Å².